The van der Waals surface area contributed by atoms with E-state index in [0.29, 0.717) is 31.7 Å². The Morgan fingerprint density at radius 2 is 2.20 bits per heavy atom. The highest BCUT2D eigenvalue weighted by Crippen LogP contribution is 2.22. The Bertz CT molecular complexity index is 576. The van der Waals surface area contributed by atoms with Crippen molar-refractivity contribution in [1.29, 1.82) is 0 Å². The quantitative estimate of drug-likeness (QED) is 0.846. The lowest BCUT2D eigenvalue weighted by Crippen LogP contribution is -2.53. The van der Waals surface area contributed by atoms with Crippen LogP contribution in [0.15, 0.2) is 22.7 Å². The van der Waals surface area contributed by atoms with E-state index >= 15 is 0 Å². The van der Waals surface area contributed by atoms with Crippen LogP contribution in [-0.2, 0) is 0 Å². The van der Waals surface area contributed by atoms with Gasteiger partial charge >= 0.3 is 6.03 Å². The van der Waals surface area contributed by atoms with Crippen LogP contribution in [0.4, 0.5) is 4.79 Å². The maximum atomic E-state index is 12.6. The number of urea groups is 1. The minimum Gasteiger partial charge on any atom is -0.336 e. The number of benzene rings is 1. The molecule has 2 heterocycles. The van der Waals surface area contributed by atoms with Crippen molar-refractivity contribution >= 4 is 27.9 Å². The molecular formula is C14H16BrN3O2. The number of rotatable bonds is 1. The molecular weight excluding hydrogens is 322 g/mol. The summed E-state index contributed by atoms with van der Waals surface area (Å²) in [6.45, 7) is 4.38. The van der Waals surface area contributed by atoms with E-state index in [-0.39, 0.29) is 18.0 Å². The highest BCUT2D eigenvalue weighted by Gasteiger charge is 2.37. The Morgan fingerprint density at radius 3 is 3.00 bits per heavy atom. The third-order valence-electron chi connectivity index (χ3n) is 3.87. The van der Waals surface area contributed by atoms with Crippen molar-refractivity contribution in [2.75, 3.05) is 26.2 Å². The number of halogens is 1. The van der Waals surface area contributed by atoms with Crippen molar-refractivity contribution in [3.05, 3.63) is 33.8 Å². The van der Waals surface area contributed by atoms with Gasteiger partial charge in [-0.1, -0.05) is 11.6 Å². The van der Waals surface area contributed by atoms with Gasteiger partial charge in [0.15, 0.2) is 0 Å². The molecule has 1 aromatic carbocycles. The molecule has 20 heavy (non-hydrogen) atoms. The highest BCUT2D eigenvalue weighted by atomic mass is 79.9. The van der Waals surface area contributed by atoms with Gasteiger partial charge in [-0.3, -0.25) is 4.79 Å². The molecule has 106 valence electrons. The topological polar surface area (TPSA) is 52.7 Å². The molecule has 0 aliphatic carbocycles. The molecule has 0 saturated carbocycles. The van der Waals surface area contributed by atoms with Crippen molar-refractivity contribution in [2.45, 2.75) is 13.0 Å². The number of carbonyl (C=O) groups is 2. The smallest absolute Gasteiger partial charge is 0.317 e. The second-order valence-electron chi connectivity index (χ2n) is 5.27. The van der Waals surface area contributed by atoms with Crippen LogP contribution in [0.3, 0.4) is 0 Å². The summed E-state index contributed by atoms with van der Waals surface area (Å²) >= 11 is 3.44. The molecule has 0 spiro atoms. The van der Waals surface area contributed by atoms with E-state index in [1.807, 2.05) is 34.9 Å². The molecule has 6 heteroatoms. The van der Waals surface area contributed by atoms with Crippen LogP contribution in [0, 0.1) is 6.92 Å². The summed E-state index contributed by atoms with van der Waals surface area (Å²) in [5, 5.41) is 2.82. The second-order valence-corrected chi connectivity index (χ2v) is 6.12. The Balaban J connectivity index is 1.78. The number of piperazine rings is 1. The zero-order chi connectivity index (χ0) is 14.3. The van der Waals surface area contributed by atoms with Gasteiger partial charge < -0.3 is 15.1 Å². The first-order valence-corrected chi connectivity index (χ1v) is 7.45. The largest absolute Gasteiger partial charge is 0.336 e. The van der Waals surface area contributed by atoms with Crippen LogP contribution >= 0.6 is 15.9 Å². The number of hydrogen-bond acceptors (Lipinski definition) is 2. The van der Waals surface area contributed by atoms with E-state index in [0.717, 1.165) is 10.0 Å². The van der Waals surface area contributed by atoms with Crippen LogP contribution in [0.5, 0.6) is 0 Å². The molecule has 5 nitrogen and oxygen atoms in total. The summed E-state index contributed by atoms with van der Waals surface area (Å²) in [5.74, 6) is 0.0274. The minimum atomic E-state index is -0.0150. The molecule has 2 aliphatic rings. The van der Waals surface area contributed by atoms with Crippen molar-refractivity contribution in [3.8, 4) is 0 Å². The van der Waals surface area contributed by atoms with Crippen molar-refractivity contribution < 1.29 is 9.59 Å². The molecule has 0 radical (unpaired) electrons. The van der Waals surface area contributed by atoms with E-state index < -0.39 is 0 Å². The van der Waals surface area contributed by atoms with Crippen LogP contribution in [0.2, 0.25) is 0 Å². The Morgan fingerprint density at radius 1 is 1.40 bits per heavy atom. The van der Waals surface area contributed by atoms with Gasteiger partial charge in [0.05, 0.1) is 11.6 Å². The molecule has 0 bridgehead atoms. The van der Waals surface area contributed by atoms with Crippen LogP contribution in [0.1, 0.15) is 15.9 Å². The minimum absolute atomic E-state index is 0.0150. The first-order chi connectivity index (χ1) is 9.56. The molecule has 2 saturated heterocycles. The van der Waals surface area contributed by atoms with Crippen LogP contribution in [0.25, 0.3) is 0 Å². The molecule has 2 aliphatic heterocycles. The van der Waals surface area contributed by atoms with Gasteiger partial charge in [-0.2, -0.15) is 0 Å². The molecule has 3 rings (SSSR count). The fourth-order valence-electron chi connectivity index (χ4n) is 2.76. The van der Waals surface area contributed by atoms with Crippen molar-refractivity contribution in [3.63, 3.8) is 0 Å². The summed E-state index contributed by atoms with van der Waals surface area (Å²) in [5.41, 5.74) is 1.75. The summed E-state index contributed by atoms with van der Waals surface area (Å²) < 4.78 is 0.816. The zero-order valence-corrected chi connectivity index (χ0v) is 12.8. The lowest BCUT2D eigenvalue weighted by molar-refractivity contribution is 0.0616. The molecule has 3 amide bonds. The number of carbonyl (C=O) groups excluding carboxylic acids is 2. The van der Waals surface area contributed by atoms with Gasteiger partial charge in [0.2, 0.25) is 0 Å². The van der Waals surface area contributed by atoms with Gasteiger partial charge in [0.1, 0.15) is 0 Å². The molecule has 0 aromatic heterocycles. The van der Waals surface area contributed by atoms with Gasteiger partial charge in [-0.25, -0.2) is 4.79 Å². The fourth-order valence-corrected chi connectivity index (χ4v) is 3.18. The van der Waals surface area contributed by atoms with Crippen LogP contribution in [-0.4, -0.2) is 54.0 Å². The third kappa shape index (κ3) is 2.28. The monoisotopic (exact) mass is 337 g/mol. The molecule has 1 unspecified atom stereocenters. The maximum absolute atomic E-state index is 12.6. The number of fused-ring (bicyclic) bond motifs is 1. The summed E-state index contributed by atoms with van der Waals surface area (Å²) in [6.07, 6.45) is 0. The first kappa shape index (κ1) is 13.4. The maximum Gasteiger partial charge on any atom is 0.317 e. The van der Waals surface area contributed by atoms with E-state index in [2.05, 4.69) is 21.2 Å². The van der Waals surface area contributed by atoms with E-state index in [1.54, 1.807) is 0 Å². The Hall–Kier alpha value is -1.56. The van der Waals surface area contributed by atoms with E-state index in [1.165, 1.54) is 0 Å². The van der Waals surface area contributed by atoms with E-state index in [4.69, 9.17) is 0 Å². The molecule has 2 fully saturated rings. The number of aryl methyl sites for hydroxylation is 1. The molecule has 1 atom stereocenters. The fraction of sp³-hybridized carbons (Fsp3) is 0.429. The zero-order valence-electron chi connectivity index (χ0n) is 11.2. The Kier molecular flexibility index (Phi) is 3.41. The van der Waals surface area contributed by atoms with Gasteiger partial charge in [-0.05, 0) is 35.0 Å². The average Bonchev–Trinajstić information content (AvgIpc) is 2.82. The third-order valence-corrected chi connectivity index (χ3v) is 4.56. The molecule has 1 aromatic rings. The molecule has 1 N–H and O–H groups in total. The standard InChI is InChI=1S/C14H16BrN3O2/c1-9-2-3-12(15)11(6-9)13(19)17-4-5-18-10(8-17)7-16-14(18)20/h2-3,6,10H,4-5,7-8H2,1H3,(H,16,20). The highest BCUT2D eigenvalue weighted by molar-refractivity contribution is 9.10. The predicted molar refractivity (Wildman–Crippen MR) is 78.7 cm³/mol. The normalized spacial score (nSPS) is 21.7. The summed E-state index contributed by atoms with van der Waals surface area (Å²) in [6, 6.07) is 5.86. The second kappa shape index (κ2) is 5.09. The van der Waals surface area contributed by atoms with Gasteiger partial charge in [-0.15, -0.1) is 0 Å². The SMILES string of the molecule is Cc1ccc(Br)c(C(=O)N2CCN3C(=O)NCC3C2)c1. The summed E-state index contributed by atoms with van der Waals surface area (Å²) in [7, 11) is 0. The Labute approximate surface area is 126 Å². The first-order valence-electron chi connectivity index (χ1n) is 6.66. The lowest BCUT2D eigenvalue weighted by atomic mass is 10.1. The lowest BCUT2D eigenvalue weighted by Gasteiger charge is -2.36. The van der Waals surface area contributed by atoms with Gasteiger partial charge in [0.25, 0.3) is 5.91 Å². The number of hydrogen-bond donors (Lipinski definition) is 1. The predicted octanol–water partition coefficient (Wildman–Crippen LogP) is 1.61. The van der Waals surface area contributed by atoms with Crippen molar-refractivity contribution in [1.82, 2.24) is 15.1 Å². The summed E-state index contributed by atoms with van der Waals surface area (Å²) in [4.78, 5) is 27.8. The van der Waals surface area contributed by atoms with E-state index in [9.17, 15) is 9.59 Å². The van der Waals surface area contributed by atoms with Gasteiger partial charge in [0, 0.05) is 30.7 Å². The van der Waals surface area contributed by atoms with Crippen LogP contribution < -0.4 is 5.32 Å². The number of nitrogens with zero attached hydrogens (tertiary/aromatic N) is 2. The average molecular weight is 338 g/mol. The number of nitrogens with one attached hydrogen (secondary N) is 1. The van der Waals surface area contributed by atoms with Crippen molar-refractivity contribution in [2.24, 2.45) is 0 Å². The number of amides is 3.